The van der Waals surface area contributed by atoms with E-state index in [4.69, 9.17) is 10.8 Å². The number of amides is 1. The van der Waals surface area contributed by atoms with E-state index in [0.29, 0.717) is 13.0 Å². The lowest BCUT2D eigenvalue weighted by Gasteiger charge is -2.35. The topological polar surface area (TPSA) is 83.6 Å². The molecule has 94 valence electrons. The fourth-order valence-electron chi connectivity index (χ4n) is 1.33. The molecule has 16 heavy (non-hydrogen) atoms. The summed E-state index contributed by atoms with van der Waals surface area (Å²) in [6, 6.07) is 0. The van der Waals surface area contributed by atoms with Crippen molar-refractivity contribution in [3.8, 4) is 0 Å². The minimum absolute atomic E-state index is 0.0751. The second-order valence-corrected chi connectivity index (χ2v) is 5.09. The molecule has 0 spiro atoms. The summed E-state index contributed by atoms with van der Waals surface area (Å²) < 4.78 is 0. The Morgan fingerprint density at radius 3 is 2.19 bits per heavy atom. The Morgan fingerprint density at radius 2 is 1.88 bits per heavy atom. The van der Waals surface area contributed by atoms with Gasteiger partial charge in [-0.3, -0.25) is 9.59 Å². The molecule has 0 fully saturated rings. The van der Waals surface area contributed by atoms with E-state index in [9.17, 15) is 9.59 Å². The Bertz CT molecular complexity index is 258. The quantitative estimate of drug-likeness (QED) is 0.727. The van der Waals surface area contributed by atoms with E-state index >= 15 is 0 Å². The number of carboxylic acid groups (broad SMARTS) is 1. The molecule has 0 aromatic heterocycles. The molecule has 0 radical (unpaired) electrons. The van der Waals surface area contributed by atoms with E-state index in [1.165, 1.54) is 4.90 Å². The molecule has 0 saturated carbocycles. The summed E-state index contributed by atoms with van der Waals surface area (Å²) in [5.41, 5.74) is 4.96. The number of nitrogens with two attached hydrogens (primary N) is 1. The minimum Gasteiger partial charge on any atom is -0.480 e. The van der Waals surface area contributed by atoms with Crippen LogP contribution in [0.2, 0.25) is 0 Å². The number of carbonyl (C=O) groups excluding carboxylic acids is 1. The molecule has 0 aliphatic heterocycles. The van der Waals surface area contributed by atoms with Crippen molar-refractivity contribution in [3.63, 3.8) is 0 Å². The molecule has 1 unspecified atom stereocenters. The summed E-state index contributed by atoms with van der Waals surface area (Å²) in [5.74, 6) is -1.08. The highest BCUT2D eigenvalue weighted by molar-refractivity contribution is 5.82. The van der Waals surface area contributed by atoms with Crippen LogP contribution >= 0.6 is 0 Å². The number of rotatable bonds is 5. The lowest BCUT2D eigenvalue weighted by atomic mass is 10.0. The Balaban J connectivity index is 4.64. The number of hydrogen-bond acceptors (Lipinski definition) is 3. The summed E-state index contributed by atoms with van der Waals surface area (Å²) in [5, 5.41) is 8.77. The lowest BCUT2D eigenvalue weighted by Crippen LogP contribution is -2.48. The van der Waals surface area contributed by atoms with E-state index in [1.54, 1.807) is 0 Å². The molecule has 0 aromatic carbocycles. The smallest absolute Gasteiger partial charge is 0.323 e. The Morgan fingerprint density at radius 1 is 1.38 bits per heavy atom. The molecule has 0 heterocycles. The maximum absolute atomic E-state index is 11.9. The zero-order chi connectivity index (χ0) is 12.9. The first-order valence-corrected chi connectivity index (χ1v) is 5.40. The van der Waals surface area contributed by atoms with Gasteiger partial charge >= 0.3 is 5.97 Å². The van der Waals surface area contributed by atoms with Gasteiger partial charge in [0.15, 0.2) is 0 Å². The highest BCUT2D eigenvalue weighted by Crippen LogP contribution is 2.16. The monoisotopic (exact) mass is 230 g/mol. The van der Waals surface area contributed by atoms with Crippen molar-refractivity contribution < 1.29 is 14.7 Å². The third kappa shape index (κ3) is 5.11. The van der Waals surface area contributed by atoms with E-state index in [-0.39, 0.29) is 18.4 Å². The highest BCUT2D eigenvalue weighted by atomic mass is 16.4. The average Bonchev–Trinajstić information content (AvgIpc) is 2.11. The largest absolute Gasteiger partial charge is 0.480 e. The van der Waals surface area contributed by atoms with Crippen LogP contribution in [0.5, 0.6) is 0 Å². The van der Waals surface area contributed by atoms with Gasteiger partial charge in [-0.25, -0.2) is 0 Å². The van der Waals surface area contributed by atoms with Gasteiger partial charge < -0.3 is 15.7 Å². The normalized spacial score (nSPS) is 13.3. The van der Waals surface area contributed by atoms with Crippen LogP contribution in [0, 0.1) is 5.92 Å². The van der Waals surface area contributed by atoms with Crippen molar-refractivity contribution in [3.05, 3.63) is 0 Å². The predicted octanol–water partition coefficient (Wildman–Crippen LogP) is 0.683. The van der Waals surface area contributed by atoms with E-state index in [1.807, 2.05) is 27.7 Å². The van der Waals surface area contributed by atoms with Crippen molar-refractivity contribution in [2.75, 3.05) is 13.1 Å². The molecule has 3 N–H and O–H groups in total. The fourth-order valence-corrected chi connectivity index (χ4v) is 1.33. The maximum Gasteiger partial charge on any atom is 0.323 e. The Hall–Kier alpha value is -1.10. The molecule has 1 atom stereocenters. The Labute approximate surface area is 96.6 Å². The summed E-state index contributed by atoms with van der Waals surface area (Å²) in [4.78, 5) is 24.0. The third-order valence-electron chi connectivity index (χ3n) is 2.33. The molecule has 5 nitrogen and oxygen atoms in total. The van der Waals surface area contributed by atoms with Gasteiger partial charge in [0.05, 0.1) is 0 Å². The lowest BCUT2D eigenvalue weighted by molar-refractivity contribution is -0.148. The summed E-state index contributed by atoms with van der Waals surface area (Å²) >= 11 is 0. The summed E-state index contributed by atoms with van der Waals surface area (Å²) in [6.45, 7) is 7.50. The third-order valence-corrected chi connectivity index (χ3v) is 2.33. The zero-order valence-electron chi connectivity index (χ0n) is 10.5. The molecule has 0 aliphatic carbocycles. The highest BCUT2D eigenvalue weighted by Gasteiger charge is 2.28. The van der Waals surface area contributed by atoms with Gasteiger partial charge in [-0.05, 0) is 33.2 Å². The van der Waals surface area contributed by atoms with Gasteiger partial charge in [0.2, 0.25) is 5.91 Å². The SMILES string of the molecule is CC(CN)CC(=O)N(CC(=O)O)C(C)(C)C. The number of hydrogen-bond donors (Lipinski definition) is 2. The number of carboxylic acids is 1. The van der Waals surface area contributed by atoms with Crippen molar-refractivity contribution in [1.29, 1.82) is 0 Å². The molecule has 5 heteroatoms. The molecular formula is C11H22N2O3. The van der Waals surface area contributed by atoms with Crippen LogP contribution in [0.15, 0.2) is 0 Å². The molecule has 0 rings (SSSR count). The zero-order valence-corrected chi connectivity index (χ0v) is 10.5. The van der Waals surface area contributed by atoms with E-state index in [0.717, 1.165) is 0 Å². The van der Waals surface area contributed by atoms with Gasteiger partial charge in [-0.15, -0.1) is 0 Å². The number of nitrogens with zero attached hydrogens (tertiary/aromatic N) is 1. The second-order valence-electron chi connectivity index (χ2n) is 5.09. The van der Waals surface area contributed by atoms with Gasteiger partial charge in [0.1, 0.15) is 6.54 Å². The van der Waals surface area contributed by atoms with Gasteiger partial charge in [0, 0.05) is 12.0 Å². The molecule has 1 amide bonds. The number of aliphatic carboxylic acids is 1. The van der Waals surface area contributed by atoms with Gasteiger partial charge in [-0.2, -0.15) is 0 Å². The first-order chi connectivity index (χ1) is 7.18. The van der Waals surface area contributed by atoms with Gasteiger partial charge in [-0.1, -0.05) is 6.92 Å². The number of carbonyl (C=O) groups is 2. The van der Waals surface area contributed by atoms with Crippen LogP contribution in [-0.2, 0) is 9.59 Å². The van der Waals surface area contributed by atoms with Crippen molar-refractivity contribution in [2.24, 2.45) is 11.7 Å². The van der Waals surface area contributed by atoms with Gasteiger partial charge in [0.25, 0.3) is 0 Å². The molecule has 0 aromatic rings. The fraction of sp³-hybridized carbons (Fsp3) is 0.818. The second kappa shape index (κ2) is 5.84. The van der Waals surface area contributed by atoms with E-state index < -0.39 is 11.5 Å². The molecular weight excluding hydrogens is 208 g/mol. The van der Waals surface area contributed by atoms with Crippen LogP contribution < -0.4 is 5.73 Å². The predicted molar refractivity (Wildman–Crippen MR) is 61.9 cm³/mol. The van der Waals surface area contributed by atoms with E-state index in [2.05, 4.69) is 0 Å². The standard InChI is InChI=1S/C11H22N2O3/c1-8(6-12)5-9(14)13(7-10(15)16)11(2,3)4/h8H,5-7,12H2,1-4H3,(H,15,16). The Kier molecular flexibility index (Phi) is 5.44. The molecule has 0 aliphatic rings. The van der Waals surface area contributed by atoms with Crippen molar-refractivity contribution >= 4 is 11.9 Å². The molecule has 0 bridgehead atoms. The maximum atomic E-state index is 11.9. The minimum atomic E-state index is -0.997. The summed E-state index contributed by atoms with van der Waals surface area (Å²) in [6.07, 6.45) is 0.293. The van der Waals surface area contributed by atoms with Crippen molar-refractivity contribution in [2.45, 2.75) is 39.7 Å². The summed E-state index contributed by atoms with van der Waals surface area (Å²) in [7, 11) is 0. The first-order valence-electron chi connectivity index (χ1n) is 5.40. The average molecular weight is 230 g/mol. The van der Waals surface area contributed by atoms with Crippen LogP contribution in [0.25, 0.3) is 0 Å². The van der Waals surface area contributed by atoms with Crippen LogP contribution in [0.4, 0.5) is 0 Å². The van der Waals surface area contributed by atoms with Crippen LogP contribution in [0.3, 0.4) is 0 Å². The van der Waals surface area contributed by atoms with Crippen LogP contribution in [-0.4, -0.2) is 40.5 Å². The van der Waals surface area contributed by atoms with Crippen molar-refractivity contribution in [1.82, 2.24) is 4.90 Å². The van der Waals surface area contributed by atoms with Crippen LogP contribution in [0.1, 0.15) is 34.1 Å². The molecule has 0 saturated heterocycles. The first kappa shape index (κ1) is 14.9.